The van der Waals surface area contributed by atoms with Gasteiger partial charge in [-0.1, -0.05) is 24.3 Å². The van der Waals surface area contributed by atoms with Gasteiger partial charge >= 0.3 is 0 Å². The van der Waals surface area contributed by atoms with Crippen LogP contribution in [0.4, 0.5) is 0 Å². The average Bonchev–Trinajstić information content (AvgIpc) is 2.28. The zero-order valence-electron chi connectivity index (χ0n) is 10.1. The van der Waals surface area contributed by atoms with Crippen LogP contribution >= 0.6 is 0 Å². The van der Waals surface area contributed by atoms with Gasteiger partial charge in [0.15, 0.2) is 0 Å². The first-order valence-electron chi connectivity index (χ1n) is 5.77. The summed E-state index contributed by atoms with van der Waals surface area (Å²) in [5, 5.41) is 0. The van der Waals surface area contributed by atoms with E-state index in [1.54, 1.807) is 0 Å². The second-order valence-corrected chi connectivity index (χ2v) is 5.99. The molecule has 0 heterocycles. The molecule has 4 nitrogen and oxygen atoms in total. The first-order valence-corrected chi connectivity index (χ1v) is 7.42. The van der Waals surface area contributed by atoms with Crippen LogP contribution in [0.1, 0.15) is 24.0 Å². The Labute approximate surface area is 103 Å². The van der Waals surface area contributed by atoms with E-state index in [4.69, 9.17) is 5.73 Å². The Hall–Kier alpha value is -0.910. The maximum atomic E-state index is 11.6. The van der Waals surface area contributed by atoms with E-state index in [1.807, 2.05) is 31.2 Å². The van der Waals surface area contributed by atoms with Crippen LogP contribution in [0.5, 0.6) is 0 Å². The molecule has 0 saturated carbocycles. The molecule has 0 unspecified atom stereocenters. The lowest BCUT2D eigenvalue weighted by Crippen LogP contribution is -2.26. The second kappa shape index (κ2) is 6.74. The van der Waals surface area contributed by atoms with Gasteiger partial charge < -0.3 is 5.73 Å². The molecule has 0 aliphatic carbocycles. The van der Waals surface area contributed by atoms with Gasteiger partial charge in [-0.15, -0.1) is 0 Å². The highest BCUT2D eigenvalue weighted by atomic mass is 32.2. The van der Waals surface area contributed by atoms with Gasteiger partial charge in [-0.25, -0.2) is 13.1 Å². The summed E-state index contributed by atoms with van der Waals surface area (Å²) < 4.78 is 25.9. The van der Waals surface area contributed by atoms with Gasteiger partial charge in [0.25, 0.3) is 0 Å². The van der Waals surface area contributed by atoms with Crippen molar-refractivity contribution < 1.29 is 8.42 Å². The molecule has 0 atom stereocenters. The molecule has 0 aromatic heterocycles. The molecule has 0 amide bonds. The summed E-state index contributed by atoms with van der Waals surface area (Å²) >= 11 is 0. The van der Waals surface area contributed by atoms with Gasteiger partial charge in [0.05, 0.1) is 5.75 Å². The minimum Gasteiger partial charge on any atom is -0.330 e. The van der Waals surface area contributed by atoms with Crippen molar-refractivity contribution in [2.75, 3.05) is 12.3 Å². The molecule has 1 aromatic rings. The van der Waals surface area contributed by atoms with E-state index in [0.717, 1.165) is 17.5 Å². The zero-order chi connectivity index (χ0) is 12.7. The number of unbranched alkanes of at least 4 members (excludes halogenated alkanes) is 1. The van der Waals surface area contributed by atoms with E-state index in [0.29, 0.717) is 19.5 Å². The number of hydrogen-bond acceptors (Lipinski definition) is 3. The Morgan fingerprint density at radius 2 is 1.94 bits per heavy atom. The van der Waals surface area contributed by atoms with Gasteiger partial charge in [0.1, 0.15) is 0 Å². The maximum absolute atomic E-state index is 11.6. The lowest BCUT2D eigenvalue weighted by atomic mass is 10.1. The highest BCUT2D eigenvalue weighted by Gasteiger charge is 2.09. The van der Waals surface area contributed by atoms with Crippen molar-refractivity contribution in [3.8, 4) is 0 Å². The number of rotatable bonds is 7. The number of hydrogen-bond donors (Lipinski definition) is 2. The molecule has 0 aliphatic rings. The fourth-order valence-electron chi connectivity index (χ4n) is 1.50. The number of benzene rings is 1. The third kappa shape index (κ3) is 5.30. The van der Waals surface area contributed by atoms with E-state index in [2.05, 4.69) is 4.72 Å². The van der Waals surface area contributed by atoms with Crippen LogP contribution in [-0.4, -0.2) is 20.7 Å². The Balaban J connectivity index is 2.47. The molecule has 1 aromatic carbocycles. The summed E-state index contributed by atoms with van der Waals surface area (Å²) in [6, 6.07) is 7.75. The topological polar surface area (TPSA) is 72.2 Å². The minimum atomic E-state index is -3.17. The summed E-state index contributed by atoms with van der Waals surface area (Å²) in [6.45, 7) is 2.86. The summed E-state index contributed by atoms with van der Waals surface area (Å²) in [4.78, 5) is 0. The minimum absolute atomic E-state index is 0.149. The largest absolute Gasteiger partial charge is 0.330 e. The molecule has 1 rings (SSSR count). The fourth-order valence-corrected chi connectivity index (χ4v) is 2.61. The third-order valence-electron chi connectivity index (χ3n) is 2.61. The van der Waals surface area contributed by atoms with E-state index < -0.39 is 10.0 Å². The number of nitrogens with one attached hydrogen (secondary N) is 1. The number of nitrogens with two attached hydrogens (primary N) is 1. The summed E-state index contributed by atoms with van der Waals surface area (Å²) in [5.74, 6) is 0.149. The van der Waals surface area contributed by atoms with Gasteiger partial charge in [-0.2, -0.15) is 0 Å². The van der Waals surface area contributed by atoms with Crippen LogP contribution in [0.2, 0.25) is 0 Å². The van der Waals surface area contributed by atoms with Gasteiger partial charge in [0, 0.05) is 6.54 Å². The van der Waals surface area contributed by atoms with Crippen LogP contribution in [0.3, 0.4) is 0 Å². The van der Waals surface area contributed by atoms with Crippen molar-refractivity contribution in [2.24, 2.45) is 5.73 Å². The maximum Gasteiger partial charge on any atom is 0.211 e. The van der Waals surface area contributed by atoms with E-state index in [9.17, 15) is 8.42 Å². The summed E-state index contributed by atoms with van der Waals surface area (Å²) in [7, 11) is -3.17. The van der Waals surface area contributed by atoms with Crippen molar-refractivity contribution in [3.05, 3.63) is 35.4 Å². The van der Waals surface area contributed by atoms with Crippen molar-refractivity contribution in [3.63, 3.8) is 0 Å². The predicted molar refractivity (Wildman–Crippen MR) is 70.1 cm³/mol. The van der Waals surface area contributed by atoms with Gasteiger partial charge in [0.2, 0.25) is 10.0 Å². The molecule has 3 N–H and O–H groups in total. The van der Waals surface area contributed by atoms with E-state index in [1.165, 1.54) is 0 Å². The van der Waals surface area contributed by atoms with Crippen LogP contribution in [0.25, 0.3) is 0 Å². The SMILES string of the molecule is Cc1ccccc1CNS(=O)(=O)CCCCN. The fraction of sp³-hybridized carbons (Fsp3) is 0.500. The Morgan fingerprint density at radius 1 is 1.24 bits per heavy atom. The molecule has 0 radical (unpaired) electrons. The molecular weight excluding hydrogens is 236 g/mol. The highest BCUT2D eigenvalue weighted by Crippen LogP contribution is 2.07. The van der Waals surface area contributed by atoms with Gasteiger partial charge in [-0.05, 0) is 37.4 Å². The zero-order valence-corrected chi connectivity index (χ0v) is 11.0. The van der Waals surface area contributed by atoms with Crippen LogP contribution < -0.4 is 10.5 Å². The monoisotopic (exact) mass is 256 g/mol. The Morgan fingerprint density at radius 3 is 2.59 bits per heavy atom. The van der Waals surface area contributed by atoms with Gasteiger partial charge in [-0.3, -0.25) is 0 Å². The molecule has 96 valence electrons. The molecule has 17 heavy (non-hydrogen) atoms. The quantitative estimate of drug-likeness (QED) is 0.719. The smallest absolute Gasteiger partial charge is 0.211 e. The first-order chi connectivity index (χ1) is 8.05. The molecule has 5 heteroatoms. The van der Waals surface area contributed by atoms with Crippen molar-refractivity contribution >= 4 is 10.0 Å². The van der Waals surface area contributed by atoms with Crippen LogP contribution in [-0.2, 0) is 16.6 Å². The number of sulfonamides is 1. The Bertz CT molecular complexity index is 444. The standard InChI is InChI=1S/C12H20N2O2S/c1-11-6-2-3-7-12(11)10-14-17(15,16)9-5-4-8-13/h2-3,6-7,14H,4-5,8-10,13H2,1H3. The van der Waals surface area contributed by atoms with Crippen molar-refractivity contribution in [1.82, 2.24) is 4.72 Å². The Kier molecular flexibility index (Phi) is 5.61. The van der Waals surface area contributed by atoms with E-state index >= 15 is 0 Å². The summed E-state index contributed by atoms with van der Waals surface area (Å²) in [5.41, 5.74) is 7.43. The van der Waals surface area contributed by atoms with Crippen molar-refractivity contribution in [2.45, 2.75) is 26.3 Å². The lowest BCUT2D eigenvalue weighted by Gasteiger charge is -2.08. The first kappa shape index (κ1) is 14.2. The van der Waals surface area contributed by atoms with Crippen LogP contribution in [0, 0.1) is 6.92 Å². The molecular formula is C12H20N2O2S. The van der Waals surface area contributed by atoms with E-state index in [-0.39, 0.29) is 5.75 Å². The number of aryl methyl sites for hydroxylation is 1. The molecule has 0 fully saturated rings. The van der Waals surface area contributed by atoms with Crippen LogP contribution in [0.15, 0.2) is 24.3 Å². The third-order valence-corrected chi connectivity index (χ3v) is 4.02. The lowest BCUT2D eigenvalue weighted by molar-refractivity contribution is 0.577. The normalized spacial score (nSPS) is 11.6. The average molecular weight is 256 g/mol. The molecule has 0 spiro atoms. The second-order valence-electron chi connectivity index (χ2n) is 4.06. The molecule has 0 aliphatic heterocycles. The summed E-state index contributed by atoms with van der Waals surface area (Å²) in [6.07, 6.45) is 1.35. The molecule has 0 saturated heterocycles. The molecule has 0 bridgehead atoms. The highest BCUT2D eigenvalue weighted by molar-refractivity contribution is 7.89. The van der Waals surface area contributed by atoms with Crippen molar-refractivity contribution in [1.29, 1.82) is 0 Å². The predicted octanol–water partition coefficient (Wildman–Crippen LogP) is 1.15.